The first kappa shape index (κ1) is 21.0. The zero-order chi connectivity index (χ0) is 19.9. The fourth-order valence-electron chi connectivity index (χ4n) is 3.20. The first-order valence-corrected chi connectivity index (χ1v) is 9.15. The molecule has 152 valence electrons. The van der Waals surface area contributed by atoms with Gasteiger partial charge >= 0.3 is 0 Å². The molecule has 0 spiro atoms. The van der Waals surface area contributed by atoms with Crippen molar-refractivity contribution in [1.82, 2.24) is 19.5 Å². The number of fused-ring (bicyclic) bond motifs is 1. The lowest BCUT2D eigenvalue weighted by molar-refractivity contribution is 0.0239. The zero-order valence-electron chi connectivity index (χ0n) is 15.7. The highest BCUT2D eigenvalue weighted by atomic mass is 35.5. The summed E-state index contributed by atoms with van der Waals surface area (Å²) in [6.45, 7) is 2.43. The fraction of sp³-hybridized carbons (Fsp3) is 0.350. The molecule has 4 rings (SSSR count). The molecule has 0 bridgehead atoms. The van der Waals surface area contributed by atoms with Crippen molar-refractivity contribution >= 4 is 29.4 Å². The lowest BCUT2D eigenvalue weighted by Crippen LogP contribution is -2.34. The van der Waals surface area contributed by atoms with Crippen LogP contribution in [0.15, 0.2) is 18.2 Å². The molecule has 3 N–H and O–H groups in total. The van der Waals surface area contributed by atoms with Gasteiger partial charge < -0.3 is 15.4 Å². The van der Waals surface area contributed by atoms with Gasteiger partial charge in [-0.2, -0.15) is 0 Å². The highest BCUT2D eigenvalue weighted by Crippen LogP contribution is 2.31. The number of aromatic nitrogens is 4. The van der Waals surface area contributed by atoms with Crippen LogP contribution in [0.4, 0.5) is 14.6 Å². The average molecular weight is 420 g/mol. The maximum Gasteiger partial charge on any atom is 0.209 e. The number of anilines is 1. The van der Waals surface area contributed by atoms with Crippen molar-refractivity contribution in [1.29, 1.82) is 0 Å². The van der Waals surface area contributed by atoms with Gasteiger partial charge in [0.1, 0.15) is 23.1 Å². The first-order valence-electron chi connectivity index (χ1n) is 9.15. The highest BCUT2D eigenvalue weighted by molar-refractivity contribution is 5.86. The molecule has 0 radical (unpaired) electrons. The fourth-order valence-corrected chi connectivity index (χ4v) is 3.20. The summed E-state index contributed by atoms with van der Waals surface area (Å²) in [5.74, 6) is 4.92. The Morgan fingerprint density at radius 1 is 1.24 bits per heavy atom. The molecule has 0 aliphatic heterocycles. The molecular formula is C20H20ClF2N5O. The number of imidazole rings is 1. The lowest BCUT2D eigenvalue weighted by atomic mass is 9.81. The van der Waals surface area contributed by atoms with Gasteiger partial charge in [0.05, 0.1) is 5.56 Å². The minimum absolute atomic E-state index is 0. The van der Waals surface area contributed by atoms with Crippen molar-refractivity contribution in [2.75, 3.05) is 5.73 Å². The van der Waals surface area contributed by atoms with Gasteiger partial charge in [-0.15, -0.1) is 12.4 Å². The molecule has 2 aromatic heterocycles. The van der Waals surface area contributed by atoms with Crippen molar-refractivity contribution in [3.63, 3.8) is 0 Å². The Labute approximate surface area is 172 Å². The van der Waals surface area contributed by atoms with E-state index in [1.54, 1.807) is 4.57 Å². The number of nitrogens with two attached hydrogens (primary N) is 1. The van der Waals surface area contributed by atoms with E-state index in [4.69, 9.17) is 5.73 Å². The van der Waals surface area contributed by atoms with Crippen molar-refractivity contribution in [3.05, 3.63) is 35.7 Å². The smallest absolute Gasteiger partial charge is 0.209 e. The molecule has 1 fully saturated rings. The highest BCUT2D eigenvalue weighted by Gasteiger charge is 2.32. The van der Waals surface area contributed by atoms with Crippen molar-refractivity contribution in [3.8, 4) is 23.2 Å². The van der Waals surface area contributed by atoms with Gasteiger partial charge in [-0.25, -0.2) is 23.7 Å². The summed E-state index contributed by atoms with van der Waals surface area (Å²) in [7, 11) is 0. The standard InChI is InChI=1S/C20H19F2N5O.ClH/c1-2-10-27-18(13-11-12(21)4-5-14(13)22)26-16-17(23)24-15(25-19(16)27)6-9-20(28)7-3-8-20;/h4-5,11,28H,2-3,7-8,10H2,1H3,(H2,23,24,25);1H. The third-order valence-electron chi connectivity index (χ3n) is 4.83. The van der Waals surface area contributed by atoms with Gasteiger partial charge in [0.25, 0.3) is 0 Å². The molecule has 6 nitrogen and oxygen atoms in total. The Morgan fingerprint density at radius 2 is 2.00 bits per heavy atom. The van der Waals surface area contributed by atoms with E-state index in [0.29, 0.717) is 30.6 Å². The molecule has 0 saturated heterocycles. The second kappa shape index (κ2) is 7.93. The molecule has 2 heterocycles. The minimum Gasteiger partial charge on any atom is -0.382 e. The number of nitrogen functional groups attached to an aromatic ring is 1. The van der Waals surface area contributed by atoms with Crippen molar-refractivity contribution in [2.45, 2.75) is 44.8 Å². The van der Waals surface area contributed by atoms with Gasteiger partial charge in [0.15, 0.2) is 17.0 Å². The zero-order valence-corrected chi connectivity index (χ0v) is 16.6. The molecular weight excluding hydrogens is 400 g/mol. The summed E-state index contributed by atoms with van der Waals surface area (Å²) in [5, 5.41) is 10.1. The maximum absolute atomic E-state index is 14.3. The Morgan fingerprint density at radius 3 is 2.66 bits per heavy atom. The van der Waals surface area contributed by atoms with Crippen LogP contribution in [-0.2, 0) is 6.54 Å². The Bertz CT molecular complexity index is 1130. The molecule has 0 atom stereocenters. The van der Waals surface area contributed by atoms with Crippen molar-refractivity contribution in [2.24, 2.45) is 0 Å². The number of rotatable bonds is 3. The van der Waals surface area contributed by atoms with E-state index < -0.39 is 17.2 Å². The summed E-state index contributed by atoms with van der Waals surface area (Å²) in [6, 6.07) is 3.21. The molecule has 0 unspecified atom stereocenters. The quantitative estimate of drug-likeness (QED) is 0.634. The number of hydrogen-bond acceptors (Lipinski definition) is 5. The van der Waals surface area contributed by atoms with E-state index in [-0.39, 0.29) is 35.4 Å². The molecule has 1 aromatic carbocycles. The third kappa shape index (κ3) is 3.88. The Hall–Kier alpha value is -2.76. The monoisotopic (exact) mass is 419 g/mol. The molecule has 29 heavy (non-hydrogen) atoms. The molecule has 1 saturated carbocycles. The summed E-state index contributed by atoms with van der Waals surface area (Å²) in [6.07, 6.45) is 2.89. The van der Waals surface area contributed by atoms with E-state index in [0.717, 1.165) is 31.0 Å². The largest absolute Gasteiger partial charge is 0.382 e. The van der Waals surface area contributed by atoms with E-state index in [1.807, 2.05) is 6.92 Å². The molecule has 9 heteroatoms. The second-order valence-corrected chi connectivity index (χ2v) is 6.95. The lowest BCUT2D eigenvalue weighted by Gasteiger charge is -2.30. The normalized spacial score (nSPS) is 14.6. The Kier molecular flexibility index (Phi) is 5.73. The van der Waals surface area contributed by atoms with E-state index in [9.17, 15) is 13.9 Å². The van der Waals surface area contributed by atoms with Gasteiger partial charge in [0, 0.05) is 6.54 Å². The minimum atomic E-state index is -0.993. The van der Waals surface area contributed by atoms with Crippen LogP contribution in [0.1, 0.15) is 38.4 Å². The Balaban J connectivity index is 0.00000240. The van der Waals surface area contributed by atoms with Crippen LogP contribution < -0.4 is 5.73 Å². The van der Waals surface area contributed by atoms with Crippen molar-refractivity contribution < 1.29 is 13.9 Å². The van der Waals surface area contributed by atoms with E-state index in [1.165, 1.54) is 0 Å². The number of benzene rings is 1. The van der Waals surface area contributed by atoms with E-state index >= 15 is 0 Å². The van der Waals surface area contributed by atoms with Crippen LogP contribution in [0.2, 0.25) is 0 Å². The summed E-state index contributed by atoms with van der Waals surface area (Å²) < 4.78 is 29.7. The summed E-state index contributed by atoms with van der Waals surface area (Å²) in [4.78, 5) is 13.0. The van der Waals surface area contributed by atoms with Gasteiger partial charge in [-0.3, -0.25) is 0 Å². The van der Waals surface area contributed by atoms with Crippen LogP contribution in [0.25, 0.3) is 22.6 Å². The number of aliphatic hydroxyl groups is 1. The average Bonchev–Trinajstić information content (AvgIpc) is 3.00. The SMILES string of the molecule is CCCn1c(-c2cc(F)ccc2F)nc2c(N)nc(C#CC3(O)CCC3)nc21.Cl. The predicted molar refractivity (Wildman–Crippen MR) is 108 cm³/mol. The first-order chi connectivity index (χ1) is 13.4. The maximum atomic E-state index is 14.3. The number of hydrogen-bond donors (Lipinski definition) is 2. The van der Waals surface area contributed by atoms with Gasteiger partial charge in [-0.05, 0) is 49.8 Å². The summed E-state index contributed by atoms with van der Waals surface area (Å²) in [5.41, 5.74) is 5.79. The molecule has 1 aliphatic carbocycles. The number of halogens is 3. The predicted octanol–water partition coefficient (Wildman–Crippen LogP) is 3.45. The number of nitrogens with zero attached hydrogens (tertiary/aromatic N) is 4. The molecule has 1 aliphatic rings. The molecule has 0 amide bonds. The van der Waals surface area contributed by atoms with Crippen LogP contribution in [0, 0.1) is 23.5 Å². The number of aryl methyl sites for hydroxylation is 1. The van der Waals surface area contributed by atoms with Crippen LogP contribution in [-0.4, -0.2) is 30.2 Å². The molecule has 3 aromatic rings. The topological polar surface area (TPSA) is 89.9 Å². The van der Waals surface area contributed by atoms with Gasteiger partial charge in [-0.1, -0.05) is 12.8 Å². The summed E-state index contributed by atoms with van der Waals surface area (Å²) >= 11 is 0. The van der Waals surface area contributed by atoms with Crippen LogP contribution in [0.3, 0.4) is 0 Å². The van der Waals surface area contributed by atoms with Crippen LogP contribution in [0.5, 0.6) is 0 Å². The van der Waals surface area contributed by atoms with E-state index in [2.05, 4.69) is 26.8 Å². The van der Waals surface area contributed by atoms with Crippen LogP contribution >= 0.6 is 12.4 Å². The third-order valence-corrected chi connectivity index (χ3v) is 4.83. The second-order valence-electron chi connectivity index (χ2n) is 6.95. The van der Waals surface area contributed by atoms with Gasteiger partial charge in [0.2, 0.25) is 5.82 Å².